The number of aromatic nitrogens is 4. The van der Waals surface area contributed by atoms with E-state index in [0.717, 1.165) is 17.0 Å². The third kappa shape index (κ3) is 4.74. The van der Waals surface area contributed by atoms with E-state index < -0.39 is 0 Å². The van der Waals surface area contributed by atoms with Crippen LogP contribution in [0.1, 0.15) is 5.56 Å². The average Bonchev–Trinajstić information content (AvgIpc) is 3.13. The monoisotopic (exact) mass is 389 g/mol. The molecule has 0 radical (unpaired) electrons. The zero-order valence-electron chi connectivity index (χ0n) is 13.9. The Bertz CT molecular complexity index is 902. The summed E-state index contributed by atoms with van der Waals surface area (Å²) in [6.07, 6.45) is 0. The van der Waals surface area contributed by atoms with E-state index in [4.69, 9.17) is 16.3 Å². The molecule has 0 spiro atoms. The van der Waals surface area contributed by atoms with Crippen LogP contribution >= 0.6 is 23.4 Å². The molecule has 0 saturated heterocycles. The molecule has 7 nitrogen and oxygen atoms in total. The maximum Gasteiger partial charge on any atom is 0.230 e. The number of amides is 1. The highest BCUT2D eigenvalue weighted by molar-refractivity contribution is 7.99. The van der Waals surface area contributed by atoms with Gasteiger partial charge in [-0.3, -0.25) is 4.79 Å². The van der Waals surface area contributed by atoms with Crippen molar-refractivity contribution < 1.29 is 9.53 Å². The van der Waals surface area contributed by atoms with Gasteiger partial charge in [-0.05, 0) is 46.3 Å². The molecule has 26 heavy (non-hydrogen) atoms. The van der Waals surface area contributed by atoms with Crippen LogP contribution in [0.5, 0.6) is 5.75 Å². The molecular formula is C17H16ClN5O2S. The van der Waals surface area contributed by atoms with Crippen LogP contribution < -0.4 is 10.1 Å². The number of ether oxygens (including phenoxy) is 1. The summed E-state index contributed by atoms with van der Waals surface area (Å²) in [6.45, 7) is 0.426. The number of hydrogen-bond donors (Lipinski definition) is 1. The van der Waals surface area contributed by atoms with Gasteiger partial charge in [0.25, 0.3) is 0 Å². The second-order valence-corrected chi connectivity index (χ2v) is 6.65. The van der Waals surface area contributed by atoms with Crippen molar-refractivity contribution in [3.63, 3.8) is 0 Å². The highest BCUT2D eigenvalue weighted by Crippen LogP contribution is 2.20. The molecule has 0 atom stereocenters. The van der Waals surface area contributed by atoms with Gasteiger partial charge in [0, 0.05) is 11.6 Å². The largest absolute Gasteiger partial charge is 0.497 e. The second-order valence-electron chi connectivity index (χ2n) is 5.27. The van der Waals surface area contributed by atoms with Crippen molar-refractivity contribution in [1.29, 1.82) is 0 Å². The van der Waals surface area contributed by atoms with Gasteiger partial charge in [0.2, 0.25) is 11.1 Å². The highest BCUT2D eigenvalue weighted by Gasteiger charge is 2.12. The summed E-state index contributed by atoms with van der Waals surface area (Å²) in [5.74, 6) is 0.843. The molecule has 3 rings (SSSR count). The Morgan fingerprint density at radius 1 is 1.27 bits per heavy atom. The molecular weight excluding hydrogens is 374 g/mol. The van der Waals surface area contributed by atoms with Crippen molar-refractivity contribution in [2.24, 2.45) is 0 Å². The first-order chi connectivity index (χ1) is 12.7. The lowest BCUT2D eigenvalue weighted by molar-refractivity contribution is -0.118. The molecule has 9 heteroatoms. The van der Waals surface area contributed by atoms with Gasteiger partial charge in [0.1, 0.15) is 5.75 Å². The molecule has 0 aliphatic carbocycles. The number of carbonyl (C=O) groups excluding carboxylic acids is 1. The molecule has 0 unspecified atom stereocenters. The molecule has 134 valence electrons. The van der Waals surface area contributed by atoms with Gasteiger partial charge in [-0.2, -0.15) is 4.68 Å². The van der Waals surface area contributed by atoms with E-state index in [9.17, 15) is 4.79 Å². The minimum absolute atomic E-state index is 0.113. The van der Waals surface area contributed by atoms with E-state index in [1.54, 1.807) is 23.9 Å². The summed E-state index contributed by atoms with van der Waals surface area (Å²) in [7, 11) is 1.61. The molecule has 1 amide bonds. The Hall–Kier alpha value is -2.58. The summed E-state index contributed by atoms with van der Waals surface area (Å²) in [4.78, 5) is 12.1. The normalized spacial score (nSPS) is 10.5. The molecule has 1 heterocycles. The standard InChI is InChI=1S/C17H16ClN5O2S/c1-25-15-7-2-4-12(8-15)10-19-16(24)11-26-17-20-21-22-23(17)14-6-3-5-13(18)9-14/h2-9H,10-11H2,1H3,(H,19,24). The first-order valence-corrected chi connectivity index (χ1v) is 9.09. The Morgan fingerprint density at radius 2 is 2.12 bits per heavy atom. The fourth-order valence-electron chi connectivity index (χ4n) is 2.20. The van der Waals surface area contributed by atoms with Crippen LogP contribution in [0.15, 0.2) is 53.7 Å². The maximum atomic E-state index is 12.1. The Kier molecular flexibility index (Phi) is 6.08. The van der Waals surface area contributed by atoms with E-state index in [2.05, 4.69) is 20.8 Å². The van der Waals surface area contributed by atoms with Crippen LogP contribution in [-0.2, 0) is 11.3 Å². The summed E-state index contributed by atoms with van der Waals surface area (Å²) >= 11 is 7.25. The van der Waals surface area contributed by atoms with Crippen molar-refractivity contribution in [2.75, 3.05) is 12.9 Å². The highest BCUT2D eigenvalue weighted by atomic mass is 35.5. The summed E-state index contributed by atoms with van der Waals surface area (Å²) in [6, 6.07) is 14.7. The molecule has 1 aromatic heterocycles. The number of tetrazole rings is 1. The molecule has 0 bridgehead atoms. The minimum Gasteiger partial charge on any atom is -0.497 e. The summed E-state index contributed by atoms with van der Waals surface area (Å²) in [5, 5.41) is 15.6. The van der Waals surface area contributed by atoms with Gasteiger partial charge < -0.3 is 10.1 Å². The Labute approximate surface area is 159 Å². The number of thioether (sulfide) groups is 1. The lowest BCUT2D eigenvalue weighted by atomic mass is 10.2. The summed E-state index contributed by atoms with van der Waals surface area (Å²) in [5.41, 5.74) is 1.70. The van der Waals surface area contributed by atoms with E-state index in [0.29, 0.717) is 16.7 Å². The quantitative estimate of drug-likeness (QED) is 0.626. The molecule has 0 aliphatic heterocycles. The smallest absolute Gasteiger partial charge is 0.230 e. The van der Waals surface area contributed by atoms with Crippen LogP contribution in [0, 0.1) is 0 Å². The fraction of sp³-hybridized carbons (Fsp3) is 0.176. The SMILES string of the molecule is COc1cccc(CNC(=O)CSc2nnnn2-c2cccc(Cl)c2)c1. The predicted molar refractivity (Wildman–Crippen MR) is 99.7 cm³/mol. The van der Waals surface area contributed by atoms with Gasteiger partial charge in [0.15, 0.2) is 0 Å². The number of hydrogen-bond acceptors (Lipinski definition) is 6. The lowest BCUT2D eigenvalue weighted by Crippen LogP contribution is -2.24. The third-order valence-corrected chi connectivity index (χ3v) is 4.60. The number of nitrogens with one attached hydrogen (secondary N) is 1. The van der Waals surface area contributed by atoms with Crippen molar-refractivity contribution >= 4 is 29.3 Å². The first kappa shape index (κ1) is 18.2. The topological polar surface area (TPSA) is 81.9 Å². The first-order valence-electron chi connectivity index (χ1n) is 7.72. The minimum atomic E-state index is -0.113. The number of benzene rings is 2. The van der Waals surface area contributed by atoms with Gasteiger partial charge >= 0.3 is 0 Å². The number of halogens is 1. The Balaban J connectivity index is 1.56. The maximum absolute atomic E-state index is 12.1. The van der Waals surface area contributed by atoms with Gasteiger partial charge in [-0.1, -0.05) is 41.6 Å². The molecule has 0 aliphatic rings. The van der Waals surface area contributed by atoms with E-state index in [1.807, 2.05) is 36.4 Å². The molecule has 3 aromatic rings. The van der Waals surface area contributed by atoms with Crippen LogP contribution in [0.25, 0.3) is 5.69 Å². The summed E-state index contributed by atoms with van der Waals surface area (Å²) < 4.78 is 6.72. The van der Waals surface area contributed by atoms with Crippen LogP contribution in [0.3, 0.4) is 0 Å². The zero-order valence-corrected chi connectivity index (χ0v) is 15.5. The number of nitrogens with zero attached hydrogens (tertiary/aromatic N) is 4. The van der Waals surface area contributed by atoms with Gasteiger partial charge in [0.05, 0.1) is 18.6 Å². The number of carbonyl (C=O) groups is 1. The molecule has 1 N–H and O–H groups in total. The van der Waals surface area contributed by atoms with Gasteiger partial charge in [-0.25, -0.2) is 0 Å². The third-order valence-electron chi connectivity index (χ3n) is 3.45. The van der Waals surface area contributed by atoms with Crippen LogP contribution in [-0.4, -0.2) is 39.0 Å². The lowest BCUT2D eigenvalue weighted by Gasteiger charge is -2.07. The van der Waals surface area contributed by atoms with E-state index in [-0.39, 0.29) is 11.7 Å². The zero-order chi connectivity index (χ0) is 18.4. The van der Waals surface area contributed by atoms with E-state index in [1.165, 1.54) is 11.8 Å². The average molecular weight is 390 g/mol. The van der Waals surface area contributed by atoms with Crippen molar-refractivity contribution in [2.45, 2.75) is 11.7 Å². The van der Waals surface area contributed by atoms with E-state index >= 15 is 0 Å². The molecule has 0 fully saturated rings. The van der Waals surface area contributed by atoms with Gasteiger partial charge in [-0.15, -0.1) is 5.10 Å². The Morgan fingerprint density at radius 3 is 2.92 bits per heavy atom. The number of rotatable bonds is 7. The number of methoxy groups -OCH3 is 1. The van der Waals surface area contributed by atoms with Crippen molar-refractivity contribution in [3.05, 3.63) is 59.1 Å². The van der Waals surface area contributed by atoms with Crippen molar-refractivity contribution in [1.82, 2.24) is 25.5 Å². The van der Waals surface area contributed by atoms with Crippen molar-refractivity contribution in [3.8, 4) is 11.4 Å². The van der Waals surface area contributed by atoms with Crippen LogP contribution in [0.4, 0.5) is 0 Å². The second kappa shape index (κ2) is 8.68. The predicted octanol–water partition coefficient (Wildman–Crippen LogP) is 2.73. The molecule has 2 aromatic carbocycles. The fourth-order valence-corrected chi connectivity index (χ4v) is 3.11. The molecule has 0 saturated carbocycles. The van der Waals surface area contributed by atoms with Crippen LogP contribution in [0.2, 0.25) is 5.02 Å².